The summed E-state index contributed by atoms with van der Waals surface area (Å²) in [5.74, 6) is -0.258. The minimum atomic E-state index is -0.258. The maximum absolute atomic E-state index is 13.3. The molecular formula is C17H20FN3OS. The Morgan fingerprint density at radius 2 is 2.13 bits per heavy atom. The van der Waals surface area contributed by atoms with Gasteiger partial charge >= 0.3 is 6.03 Å². The number of carbonyl (C=O) groups is 1. The summed E-state index contributed by atoms with van der Waals surface area (Å²) in [5, 5.41) is 5.83. The van der Waals surface area contributed by atoms with E-state index in [1.165, 1.54) is 29.9 Å². The molecule has 0 aliphatic carbocycles. The largest absolute Gasteiger partial charge is 0.338 e. The molecule has 0 atom stereocenters. The van der Waals surface area contributed by atoms with Crippen LogP contribution in [0.2, 0.25) is 0 Å². The fourth-order valence-electron chi connectivity index (χ4n) is 2.69. The van der Waals surface area contributed by atoms with Crippen LogP contribution in [0.5, 0.6) is 0 Å². The van der Waals surface area contributed by atoms with Gasteiger partial charge < -0.3 is 10.2 Å². The first-order chi connectivity index (χ1) is 11.2. The van der Waals surface area contributed by atoms with E-state index in [0.717, 1.165) is 42.2 Å². The third kappa shape index (κ3) is 4.28. The van der Waals surface area contributed by atoms with Gasteiger partial charge in [0.1, 0.15) is 5.82 Å². The fraction of sp³-hybridized carbons (Fsp3) is 0.412. The number of hydrogen-bond donors (Lipinski definition) is 1. The van der Waals surface area contributed by atoms with E-state index >= 15 is 0 Å². The molecule has 1 fully saturated rings. The van der Waals surface area contributed by atoms with Crippen LogP contribution in [0, 0.1) is 5.82 Å². The van der Waals surface area contributed by atoms with Crippen LogP contribution >= 0.6 is 11.3 Å². The lowest BCUT2D eigenvalue weighted by molar-refractivity contribution is 0.186. The van der Waals surface area contributed by atoms with Crippen molar-refractivity contribution in [1.82, 2.24) is 15.2 Å². The Labute approximate surface area is 139 Å². The predicted octanol–water partition coefficient (Wildman–Crippen LogP) is 3.69. The Kier molecular flexibility index (Phi) is 5.23. The highest BCUT2D eigenvalue weighted by Gasteiger charge is 2.15. The summed E-state index contributed by atoms with van der Waals surface area (Å²) in [5.41, 5.74) is 1.57. The number of nitrogens with one attached hydrogen (secondary N) is 1. The SMILES string of the molecule is O=C(NCCc1nc(-c2cccc(F)c2)cs1)N1CCCCC1. The highest BCUT2D eigenvalue weighted by atomic mass is 32.1. The second kappa shape index (κ2) is 7.55. The van der Waals surface area contributed by atoms with Crippen molar-refractivity contribution in [2.24, 2.45) is 0 Å². The molecule has 6 heteroatoms. The monoisotopic (exact) mass is 333 g/mol. The van der Waals surface area contributed by atoms with Gasteiger partial charge in [-0.25, -0.2) is 14.2 Å². The molecule has 1 saturated heterocycles. The highest BCUT2D eigenvalue weighted by Crippen LogP contribution is 2.22. The van der Waals surface area contributed by atoms with Crippen molar-refractivity contribution in [3.63, 3.8) is 0 Å². The second-order valence-electron chi connectivity index (χ2n) is 5.67. The Morgan fingerprint density at radius 3 is 2.91 bits per heavy atom. The lowest BCUT2D eigenvalue weighted by Gasteiger charge is -2.26. The van der Waals surface area contributed by atoms with Gasteiger partial charge in [0.05, 0.1) is 10.7 Å². The Hall–Kier alpha value is -1.95. The van der Waals surface area contributed by atoms with E-state index in [1.807, 2.05) is 16.3 Å². The number of hydrogen-bond acceptors (Lipinski definition) is 3. The Bertz CT molecular complexity index is 667. The summed E-state index contributed by atoms with van der Waals surface area (Å²) in [7, 11) is 0. The Morgan fingerprint density at radius 1 is 1.30 bits per heavy atom. The quantitative estimate of drug-likeness (QED) is 0.927. The average Bonchev–Trinajstić information content (AvgIpc) is 3.04. The predicted molar refractivity (Wildman–Crippen MR) is 90.0 cm³/mol. The number of benzene rings is 1. The molecule has 1 aliphatic heterocycles. The van der Waals surface area contributed by atoms with Crippen LogP contribution < -0.4 is 5.32 Å². The highest BCUT2D eigenvalue weighted by molar-refractivity contribution is 7.09. The number of halogens is 1. The summed E-state index contributed by atoms with van der Waals surface area (Å²) in [6.45, 7) is 2.28. The zero-order chi connectivity index (χ0) is 16.1. The first-order valence-corrected chi connectivity index (χ1v) is 8.83. The van der Waals surface area contributed by atoms with Crippen molar-refractivity contribution in [2.75, 3.05) is 19.6 Å². The molecular weight excluding hydrogens is 313 g/mol. The molecule has 2 heterocycles. The van der Waals surface area contributed by atoms with E-state index in [-0.39, 0.29) is 11.8 Å². The van der Waals surface area contributed by atoms with Crippen LogP contribution in [0.4, 0.5) is 9.18 Å². The molecule has 1 aliphatic rings. The topological polar surface area (TPSA) is 45.2 Å². The molecule has 122 valence electrons. The minimum absolute atomic E-state index is 0.0200. The molecule has 0 bridgehead atoms. The number of likely N-dealkylation sites (tertiary alicyclic amines) is 1. The van der Waals surface area contributed by atoms with Gasteiger partial charge in [-0.3, -0.25) is 0 Å². The van der Waals surface area contributed by atoms with Crippen molar-refractivity contribution < 1.29 is 9.18 Å². The smallest absolute Gasteiger partial charge is 0.317 e. The number of amides is 2. The van der Waals surface area contributed by atoms with Crippen LogP contribution in [0.25, 0.3) is 11.3 Å². The van der Waals surface area contributed by atoms with Crippen LogP contribution in [0.15, 0.2) is 29.6 Å². The van der Waals surface area contributed by atoms with Crippen molar-refractivity contribution in [3.05, 3.63) is 40.5 Å². The van der Waals surface area contributed by atoms with E-state index < -0.39 is 0 Å². The van der Waals surface area contributed by atoms with Gasteiger partial charge in [-0.2, -0.15) is 0 Å². The zero-order valence-electron chi connectivity index (χ0n) is 12.9. The van der Waals surface area contributed by atoms with E-state index in [9.17, 15) is 9.18 Å². The number of nitrogens with zero attached hydrogens (tertiary/aromatic N) is 2. The van der Waals surface area contributed by atoms with Gasteiger partial charge in [0, 0.05) is 37.0 Å². The molecule has 0 radical (unpaired) electrons. The normalized spacial score (nSPS) is 14.7. The van der Waals surface area contributed by atoms with Gasteiger partial charge in [-0.05, 0) is 31.4 Å². The molecule has 0 saturated carbocycles. The maximum atomic E-state index is 13.3. The lowest BCUT2D eigenvalue weighted by Crippen LogP contribution is -2.43. The second-order valence-corrected chi connectivity index (χ2v) is 6.61. The van der Waals surface area contributed by atoms with Gasteiger partial charge in [0.15, 0.2) is 0 Å². The molecule has 0 unspecified atom stereocenters. The maximum Gasteiger partial charge on any atom is 0.317 e. The van der Waals surface area contributed by atoms with E-state index in [4.69, 9.17) is 0 Å². The van der Waals surface area contributed by atoms with E-state index in [0.29, 0.717) is 13.0 Å². The van der Waals surface area contributed by atoms with Crippen LogP contribution in [-0.4, -0.2) is 35.5 Å². The summed E-state index contributed by atoms with van der Waals surface area (Å²) in [6.07, 6.45) is 4.10. The molecule has 2 aromatic rings. The Balaban J connectivity index is 1.50. The van der Waals surface area contributed by atoms with Crippen LogP contribution in [0.3, 0.4) is 0 Å². The van der Waals surface area contributed by atoms with Crippen molar-refractivity contribution >= 4 is 17.4 Å². The molecule has 1 aromatic carbocycles. The number of rotatable bonds is 4. The lowest BCUT2D eigenvalue weighted by atomic mass is 10.1. The van der Waals surface area contributed by atoms with E-state index in [2.05, 4.69) is 10.3 Å². The molecule has 23 heavy (non-hydrogen) atoms. The van der Waals surface area contributed by atoms with E-state index in [1.54, 1.807) is 6.07 Å². The minimum Gasteiger partial charge on any atom is -0.338 e. The molecule has 3 rings (SSSR count). The van der Waals surface area contributed by atoms with Crippen molar-refractivity contribution in [1.29, 1.82) is 0 Å². The third-order valence-corrected chi connectivity index (χ3v) is 4.84. The zero-order valence-corrected chi connectivity index (χ0v) is 13.7. The number of thiazole rings is 1. The first kappa shape index (κ1) is 15.9. The average molecular weight is 333 g/mol. The van der Waals surface area contributed by atoms with Crippen molar-refractivity contribution in [2.45, 2.75) is 25.7 Å². The summed E-state index contributed by atoms with van der Waals surface area (Å²) in [6, 6.07) is 6.46. The first-order valence-electron chi connectivity index (χ1n) is 7.95. The molecule has 1 N–H and O–H groups in total. The summed E-state index contributed by atoms with van der Waals surface area (Å²) >= 11 is 1.54. The standard InChI is InChI=1S/C17H20FN3OS/c18-14-6-4-5-13(11-14)15-12-23-16(20-15)7-8-19-17(22)21-9-2-1-3-10-21/h4-6,11-12H,1-3,7-10H2,(H,19,22). The molecule has 4 nitrogen and oxygen atoms in total. The third-order valence-electron chi connectivity index (χ3n) is 3.93. The van der Waals surface area contributed by atoms with Gasteiger partial charge in [-0.1, -0.05) is 12.1 Å². The molecule has 0 spiro atoms. The number of aromatic nitrogens is 1. The number of piperidine rings is 1. The molecule has 2 amide bonds. The van der Waals surface area contributed by atoms with Gasteiger partial charge in [0.25, 0.3) is 0 Å². The molecule has 1 aromatic heterocycles. The fourth-order valence-corrected chi connectivity index (χ4v) is 3.50. The summed E-state index contributed by atoms with van der Waals surface area (Å²) < 4.78 is 13.3. The van der Waals surface area contributed by atoms with Gasteiger partial charge in [0.2, 0.25) is 0 Å². The van der Waals surface area contributed by atoms with Crippen molar-refractivity contribution in [3.8, 4) is 11.3 Å². The number of urea groups is 1. The van der Waals surface area contributed by atoms with Crippen LogP contribution in [0.1, 0.15) is 24.3 Å². The van der Waals surface area contributed by atoms with Gasteiger partial charge in [-0.15, -0.1) is 11.3 Å². The number of carbonyl (C=O) groups excluding carboxylic acids is 1. The van der Waals surface area contributed by atoms with Crippen LogP contribution in [-0.2, 0) is 6.42 Å². The summed E-state index contributed by atoms with van der Waals surface area (Å²) in [4.78, 5) is 18.4.